The fraction of sp³-hybridized carbons (Fsp3) is 0.0714. The van der Waals surface area contributed by atoms with Crippen LogP contribution in [0.5, 0.6) is 0 Å². The lowest BCUT2D eigenvalue weighted by molar-refractivity contribution is 0.0701. The Bertz CT molecular complexity index is 900. The Morgan fingerprint density at radius 1 is 1.33 bits per heavy atom. The molecule has 10 heteroatoms. The Labute approximate surface area is 148 Å². The number of halogens is 2. The van der Waals surface area contributed by atoms with Crippen LogP contribution in [-0.4, -0.2) is 30.3 Å². The molecule has 0 saturated carbocycles. The molecule has 0 bridgehead atoms. The second-order valence-electron chi connectivity index (χ2n) is 4.62. The third kappa shape index (κ3) is 5.23. The lowest BCUT2D eigenvalue weighted by Gasteiger charge is -2.09. The minimum absolute atomic E-state index is 0.122. The quantitative estimate of drug-likeness (QED) is 0.408. The number of allylic oxidation sites excluding steroid dienone is 4. The number of rotatable bonds is 5. The van der Waals surface area contributed by atoms with Crippen molar-refractivity contribution >= 4 is 44.8 Å². The molecule has 1 amide bonds. The summed E-state index contributed by atoms with van der Waals surface area (Å²) in [7, 11) is -3.79. The Hall–Kier alpha value is -2.09. The minimum atomic E-state index is -3.79. The second-order valence-corrected chi connectivity index (χ2v) is 7.18. The molecule has 0 atom stereocenters. The molecule has 0 saturated heterocycles. The summed E-state index contributed by atoms with van der Waals surface area (Å²) >= 11 is 11.7. The van der Waals surface area contributed by atoms with E-state index >= 15 is 0 Å². The highest BCUT2D eigenvalue weighted by Crippen LogP contribution is 2.19. The van der Waals surface area contributed by atoms with Crippen molar-refractivity contribution in [1.29, 1.82) is 0 Å². The molecule has 1 aliphatic rings. The van der Waals surface area contributed by atoms with Gasteiger partial charge in [0.1, 0.15) is 5.69 Å². The Kier molecular flexibility index (Phi) is 5.82. The first-order valence-electron chi connectivity index (χ1n) is 6.40. The molecule has 126 valence electrons. The molecule has 0 fully saturated rings. The van der Waals surface area contributed by atoms with Crippen molar-refractivity contribution in [3.05, 3.63) is 63.6 Å². The number of sulfonamides is 1. The number of pyridine rings is 1. The number of anilines is 1. The van der Waals surface area contributed by atoms with Crippen LogP contribution in [0.25, 0.3) is 0 Å². The summed E-state index contributed by atoms with van der Waals surface area (Å²) in [4.78, 5) is 15.0. The number of hydroxylamine groups is 1. The zero-order valence-corrected chi connectivity index (χ0v) is 14.3. The molecule has 2 rings (SSSR count). The van der Waals surface area contributed by atoms with Crippen LogP contribution in [0.4, 0.5) is 5.69 Å². The van der Waals surface area contributed by atoms with Gasteiger partial charge in [-0.15, -0.1) is 5.73 Å². The monoisotopic (exact) mass is 387 g/mol. The van der Waals surface area contributed by atoms with Gasteiger partial charge in [0.25, 0.3) is 5.91 Å². The smallest absolute Gasteiger partial charge is 0.288 e. The van der Waals surface area contributed by atoms with Crippen LogP contribution in [0.1, 0.15) is 10.5 Å². The molecule has 0 aliphatic heterocycles. The average molecular weight is 388 g/mol. The Morgan fingerprint density at radius 2 is 2.08 bits per heavy atom. The zero-order chi connectivity index (χ0) is 17.7. The van der Waals surface area contributed by atoms with Crippen molar-refractivity contribution in [3.8, 4) is 0 Å². The summed E-state index contributed by atoms with van der Waals surface area (Å²) in [5, 5.41) is 9.10. The molecule has 0 aromatic carbocycles. The summed E-state index contributed by atoms with van der Waals surface area (Å²) in [6.07, 6.45) is 5.55. The van der Waals surface area contributed by atoms with Gasteiger partial charge in [0.2, 0.25) is 10.0 Å². The Balaban J connectivity index is 2.19. The van der Waals surface area contributed by atoms with Crippen molar-refractivity contribution in [2.24, 2.45) is 0 Å². The van der Waals surface area contributed by atoms with Gasteiger partial charge in [-0.2, -0.15) is 0 Å². The van der Waals surface area contributed by atoms with Gasteiger partial charge in [0.05, 0.1) is 16.5 Å². The van der Waals surface area contributed by atoms with Gasteiger partial charge in [0, 0.05) is 11.2 Å². The van der Waals surface area contributed by atoms with Gasteiger partial charge in [-0.1, -0.05) is 23.2 Å². The van der Waals surface area contributed by atoms with E-state index in [0.717, 1.165) is 0 Å². The van der Waals surface area contributed by atoms with Crippen LogP contribution in [0, 0.1) is 0 Å². The lowest BCUT2D eigenvalue weighted by atomic mass is 10.3. The number of amides is 1. The number of aromatic nitrogens is 1. The fourth-order valence-corrected chi connectivity index (χ4v) is 3.42. The normalized spacial score (nSPS) is 14.2. The number of carbonyl (C=O) groups excluding carboxylic acids is 1. The largest absolute Gasteiger partial charge is 0.293 e. The average Bonchev–Trinajstić information content (AvgIpc) is 2.66. The summed E-state index contributed by atoms with van der Waals surface area (Å²) in [6, 6.07) is 2.55. The maximum atomic E-state index is 12.2. The van der Waals surface area contributed by atoms with Crippen molar-refractivity contribution in [2.75, 3.05) is 10.5 Å². The molecular weight excluding hydrogens is 377 g/mol. The number of nitrogens with zero attached hydrogens (tertiary/aromatic N) is 1. The van der Waals surface area contributed by atoms with E-state index in [0.29, 0.717) is 5.57 Å². The Morgan fingerprint density at radius 3 is 2.79 bits per heavy atom. The topological polar surface area (TPSA) is 108 Å². The molecule has 0 spiro atoms. The van der Waals surface area contributed by atoms with Crippen molar-refractivity contribution in [1.82, 2.24) is 10.5 Å². The van der Waals surface area contributed by atoms with Crippen molar-refractivity contribution < 1.29 is 18.4 Å². The van der Waals surface area contributed by atoms with Gasteiger partial charge in [-0.3, -0.25) is 19.7 Å². The van der Waals surface area contributed by atoms with Gasteiger partial charge in [-0.05, 0) is 35.9 Å². The lowest BCUT2D eigenvalue weighted by Crippen LogP contribution is -2.21. The predicted octanol–water partition coefficient (Wildman–Crippen LogP) is 2.28. The van der Waals surface area contributed by atoms with E-state index in [1.807, 2.05) is 0 Å². The van der Waals surface area contributed by atoms with E-state index in [1.165, 1.54) is 42.0 Å². The van der Waals surface area contributed by atoms with E-state index in [2.05, 4.69) is 15.4 Å². The first-order chi connectivity index (χ1) is 11.3. The van der Waals surface area contributed by atoms with E-state index in [4.69, 9.17) is 28.4 Å². The van der Waals surface area contributed by atoms with Crippen molar-refractivity contribution in [2.45, 2.75) is 0 Å². The molecule has 3 N–H and O–H groups in total. The number of carbonyl (C=O) groups is 1. The first kappa shape index (κ1) is 18.3. The maximum Gasteiger partial charge on any atom is 0.293 e. The van der Waals surface area contributed by atoms with Gasteiger partial charge >= 0.3 is 0 Å². The SMILES string of the molecule is O=C(NO)c1cc(NS(=O)(=O)CC2=CC(Cl)=CC(Cl)=C=C2)ccn1. The predicted molar refractivity (Wildman–Crippen MR) is 90.4 cm³/mol. The fourth-order valence-electron chi connectivity index (χ4n) is 1.78. The highest BCUT2D eigenvalue weighted by molar-refractivity contribution is 7.92. The second kappa shape index (κ2) is 7.65. The van der Waals surface area contributed by atoms with Crippen molar-refractivity contribution in [3.63, 3.8) is 0 Å². The third-order valence-electron chi connectivity index (χ3n) is 2.71. The molecule has 1 aromatic rings. The minimum Gasteiger partial charge on any atom is -0.288 e. The summed E-state index contributed by atoms with van der Waals surface area (Å²) in [6.45, 7) is 0. The zero-order valence-electron chi connectivity index (χ0n) is 12.0. The van der Waals surface area contributed by atoms with Crippen LogP contribution in [0.15, 0.2) is 57.9 Å². The van der Waals surface area contributed by atoms with Crippen LogP contribution >= 0.6 is 23.2 Å². The number of hydrogen-bond acceptors (Lipinski definition) is 5. The first-order valence-corrected chi connectivity index (χ1v) is 8.81. The molecule has 24 heavy (non-hydrogen) atoms. The molecule has 1 heterocycles. The molecule has 0 radical (unpaired) electrons. The third-order valence-corrected chi connectivity index (χ3v) is 4.40. The molecule has 1 aromatic heterocycles. The summed E-state index contributed by atoms with van der Waals surface area (Å²) < 4.78 is 26.8. The highest BCUT2D eigenvalue weighted by atomic mass is 35.5. The summed E-state index contributed by atoms with van der Waals surface area (Å²) in [5.41, 5.74) is 4.46. The molecule has 1 aliphatic carbocycles. The standard InChI is InChI=1S/C14H11Cl2N3O4S/c15-10-2-1-9(5-11(16)6-10)8-24(22,23)19-12-3-4-17-13(7-12)14(20)18-21/h1,3-7,21H,8H2,(H,17,19)(H,18,20). The molecule has 0 unspecified atom stereocenters. The van der Waals surface area contributed by atoms with Crippen LogP contribution < -0.4 is 10.2 Å². The van der Waals surface area contributed by atoms with Gasteiger partial charge in [0.15, 0.2) is 0 Å². The molecular formula is C14H11Cl2N3O4S. The van der Waals surface area contributed by atoms with Gasteiger partial charge < -0.3 is 0 Å². The van der Waals surface area contributed by atoms with E-state index in [-0.39, 0.29) is 27.2 Å². The van der Waals surface area contributed by atoms with Crippen LogP contribution in [0.2, 0.25) is 0 Å². The highest BCUT2D eigenvalue weighted by Gasteiger charge is 2.15. The summed E-state index contributed by atoms with van der Waals surface area (Å²) in [5.74, 6) is -1.24. The van der Waals surface area contributed by atoms with Gasteiger partial charge in [-0.25, -0.2) is 13.9 Å². The molecule has 7 nitrogen and oxygen atoms in total. The van der Waals surface area contributed by atoms with E-state index < -0.39 is 15.9 Å². The van der Waals surface area contributed by atoms with E-state index in [1.54, 1.807) is 0 Å². The number of hydrogen-bond donors (Lipinski definition) is 3. The number of nitrogens with one attached hydrogen (secondary N) is 2. The van der Waals surface area contributed by atoms with Crippen LogP contribution in [0.3, 0.4) is 0 Å². The van der Waals surface area contributed by atoms with Crippen LogP contribution in [-0.2, 0) is 10.0 Å². The maximum absolute atomic E-state index is 12.2. The van der Waals surface area contributed by atoms with E-state index in [9.17, 15) is 13.2 Å².